The Balaban J connectivity index is 5.38. The van der Waals surface area contributed by atoms with Crippen molar-refractivity contribution >= 4 is 0 Å². The minimum absolute atomic E-state index is 0.227. The normalized spacial score (nSPS) is 17.6. The van der Waals surface area contributed by atoms with Gasteiger partial charge in [0.15, 0.2) is 0 Å². The molecule has 0 aliphatic rings. The lowest BCUT2D eigenvalue weighted by Gasteiger charge is -2.48. The topological polar surface area (TPSA) is 153 Å². The monoisotopic (exact) mass is 491 g/mol. The van der Waals surface area contributed by atoms with E-state index >= 15 is 0 Å². The molecule has 0 radical (unpaired) electrons. The van der Waals surface area contributed by atoms with Crippen molar-refractivity contribution in [2.24, 2.45) is 33.9 Å². The number of hydrogen-bond acceptors (Lipinski definition) is 9. The third kappa shape index (κ3) is 10.7. The average molecular weight is 492 g/mol. The van der Waals surface area contributed by atoms with Crippen LogP contribution in [0.4, 0.5) is 0 Å². The summed E-state index contributed by atoms with van der Waals surface area (Å²) in [6.45, 7) is 24.2. The number of nitrogens with one attached hydrogen (secondary N) is 1. The van der Waals surface area contributed by atoms with Crippen LogP contribution in [0, 0.1) is 10.8 Å². The minimum atomic E-state index is -0.796. The van der Waals surface area contributed by atoms with Gasteiger partial charge >= 0.3 is 0 Å². The third-order valence-electron chi connectivity index (χ3n) is 7.34. The van der Waals surface area contributed by atoms with Crippen molar-refractivity contribution in [3.8, 4) is 0 Å². The molecular formula is C25H57N5O4. The van der Waals surface area contributed by atoms with E-state index in [0.29, 0.717) is 19.3 Å². The van der Waals surface area contributed by atoms with E-state index in [0.717, 1.165) is 0 Å². The van der Waals surface area contributed by atoms with E-state index in [-0.39, 0.29) is 17.1 Å². The van der Waals surface area contributed by atoms with Crippen LogP contribution in [0.15, 0.2) is 0 Å². The van der Waals surface area contributed by atoms with Crippen molar-refractivity contribution in [2.45, 2.75) is 144 Å². The van der Waals surface area contributed by atoms with E-state index in [1.54, 1.807) is 13.8 Å². The maximum Gasteiger partial charge on any atom is 0.113 e. The molecule has 0 bridgehead atoms. The third-order valence-corrected chi connectivity index (χ3v) is 7.34. The van der Waals surface area contributed by atoms with Crippen molar-refractivity contribution in [1.82, 2.24) is 5.32 Å². The molecule has 0 heterocycles. The zero-order valence-corrected chi connectivity index (χ0v) is 24.3. The van der Waals surface area contributed by atoms with Crippen LogP contribution < -0.4 is 28.4 Å². The summed E-state index contributed by atoms with van der Waals surface area (Å²) < 4.78 is 18.7. The molecule has 0 fully saturated rings. The largest absolute Gasteiger partial charge is 0.357 e. The molecule has 0 saturated heterocycles. The Hall–Kier alpha value is -0.360. The maximum absolute atomic E-state index is 6.64. The SMILES string of the molecule is CNC(CC(C)(C)C(C)(C)OC(N)CC(C)(C)ON)OC(C)(C)C(C)(C)CC(N)OC(C)(C)N. The van der Waals surface area contributed by atoms with E-state index in [1.807, 2.05) is 20.9 Å². The predicted molar refractivity (Wildman–Crippen MR) is 139 cm³/mol. The summed E-state index contributed by atoms with van der Waals surface area (Å²) in [4.78, 5) is 5.02. The summed E-state index contributed by atoms with van der Waals surface area (Å²) in [6, 6.07) is 0. The van der Waals surface area contributed by atoms with E-state index in [1.165, 1.54) is 0 Å². The fourth-order valence-corrected chi connectivity index (χ4v) is 3.72. The molecule has 9 N–H and O–H groups in total. The van der Waals surface area contributed by atoms with Crippen LogP contribution in [-0.4, -0.2) is 48.3 Å². The molecule has 0 amide bonds. The molecule has 0 spiro atoms. The Bertz CT molecular complexity index is 615. The van der Waals surface area contributed by atoms with Crippen molar-refractivity contribution < 1.29 is 19.0 Å². The zero-order valence-electron chi connectivity index (χ0n) is 24.3. The molecule has 3 unspecified atom stereocenters. The van der Waals surface area contributed by atoms with Gasteiger partial charge in [-0.05, 0) is 86.1 Å². The Morgan fingerprint density at radius 1 is 0.647 bits per heavy atom. The maximum atomic E-state index is 6.64. The highest BCUT2D eigenvalue weighted by molar-refractivity contribution is 4.93. The van der Waals surface area contributed by atoms with Crippen LogP contribution in [0.5, 0.6) is 0 Å². The smallest absolute Gasteiger partial charge is 0.113 e. The highest BCUT2D eigenvalue weighted by Gasteiger charge is 2.45. The standard InChI is InChI=1S/C25H57N5O4/c1-20(2,14-17(26)32-25(11,12)28)24(9,10)33-19(30-13)16-21(3,4)23(7,8)31-18(27)15-22(5,6)34-29/h17-19,30H,14-16,26-29H2,1-13H3. The Morgan fingerprint density at radius 3 is 1.47 bits per heavy atom. The molecule has 0 aliphatic heterocycles. The van der Waals surface area contributed by atoms with Gasteiger partial charge in [-0.3, -0.25) is 10.2 Å². The molecule has 34 heavy (non-hydrogen) atoms. The molecule has 0 aromatic rings. The van der Waals surface area contributed by atoms with Gasteiger partial charge in [-0.15, -0.1) is 0 Å². The number of hydrogen-bond donors (Lipinski definition) is 5. The van der Waals surface area contributed by atoms with Gasteiger partial charge in [-0.2, -0.15) is 0 Å². The average Bonchev–Trinajstić information content (AvgIpc) is 2.56. The van der Waals surface area contributed by atoms with Gasteiger partial charge in [0.05, 0.1) is 16.8 Å². The summed E-state index contributed by atoms with van der Waals surface area (Å²) in [5.74, 6) is 5.38. The number of ether oxygens (including phenoxy) is 3. The fourth-order valence-electron chi connectivity index (χ4n) is 3.72. The van der Waals surface area contributed by atoms with Crippen LogP contribution in [0.2, 0.25) is 0 Å². The molecule has 0 aliphatic carbocycles. The summed E-state index contributed by atoms with van der Waals surface area (Å²) >= 11 is 0. The highest BCUT2D eigenvalue weighted by Crippen LogP contribution is 2.43. The van der Waals surface area contributed by atoms with Crippen LogP contribution in [0.25, 0.3) is 0 Å². The molecular weight excluding hydrogens is 434 g/mol. The summed E-state index contributed by atoms with van der Waals surface area (Å²) in [5.41, 5.74) is 15.5. The van der Waals surface area contributed by atoms with E-state index in [2.05, 4.69) is 60.7 Å². The second kappa shape index (κ2) is 11.8. The van der Waals surface area contributed by atoms with Gasteiger partial charge in [0.1, 0.15) is 24.4 Å². The number of nitrogens with two attached hydrogens (primary N) is 4. The van der Waals surface area contributed by atoms with Crippen molar-refractivity contribution in [3.63, 3.8) is 0 Å². The van der Waals surface area contributed by atoms with Crippen molar-refractivity contribution in [2.75, 3.05) is 7.05 Å². The van der Waals surface area contributed by atoms with Gasteiger partial charge in [-0.25, -0.2) is 5.90 Å². The van der Waals surface area contributed by atoms with Crippen LogP contribution in [0.1, 0.15) is 102 Å². The second-order valence-electron chi connectivity index (χ2n) is 13.1. The predicted octanol–water partition coefficient (Wildman–Crippen LogP) is 3.29. The molecule has 3 atom stereocenters. The summed E-state index contributed by atoms with van der Waals surface area (Å²) in [7, 11) is 1.90. The Labute approximate surface area is 209 Å². The van der Waals surface area contributed by atoms with Gasteiger partial charge < -0.3 is 31.4 Å². The van der Waals surface area contributed by atoms with Crippen LogP contribution in [-0.2, 0) is 19.0 Å². The van der Waals surface area contributed by atoms with E-state index < -0.39 is 35.0 Å². The molecule has 0 aromatic heterocycles. The first-order valence-electron chi connectivity index (χ1n) is 12.3. The fraction of sp³-hybridized carbons (Fsp3) is 1.00. The van der Waals surface area contributed by atoms with Crippen molar-refractivity contribution in [1.29, 1.82) is 0 Å². The van der Waals surface area contributed by atoms with Crippen molar-refractivity contribution in [3.05, 3.63) is 0 Å². The summed E-state index contributed by atoms with van der Waals surface area (Å²) in [5, 5.41) is 3.32. The molecule has 206 valence electrons. The summed E-state index contributed by atoms with van der Waals surface area (Å²) in [6.07, 6.45) is 0.498. The second-order valence-corrected chi connectivity index (χ2v) is 13.1. The van der Waals surface area contributed by atoms with E-state index in [4.69, 9.17) is 42.1 Å². The first-order chi connectivity index (χ1) is 14.9. The van der Waals surface area contributed by atoms with Crippen LogP contribution >= 0.6 is 0 Å². The minimum Gasteiger partial charge on any atom is -0.357 e. The van der Waals surface area contributed by atoms with Gasteiger partial charge in [0.2, 0.25) is 0 Å². The quantitative estimate of drug-likeness (QED) is 0.162. The lowest BCUT2D eigenvalue weighted by Crippen LogP contribution is -2.54. The molecule has 9 heteroatoms. The number of rotatable bonds is 16. The molecule has 0 aromatic carbocycles. The zero-order chi connectivity index (χ0) is 27.4. The Kier molecular flexibility index (Phi) is 11.7. The Morgan fingerprint density at radius 2 is 1.06 bits per heavy atom. The first kappa shape index (κ1) is 33.6. The van der Waals surface area contributed by atoms with Gasteiger partial charge in [0.25, 0.3) is 0 Å². The first-order valence-corrected chi connectivity index (χ1v) is 12.3. The highest BCUT2D eigenvalue weighted by atomic mass is 16.6. The molecule has 0 saturated carbocycles. The van der Waals surface area contributed by atoms with Crippen LogP contribution in [0.3, 0.4) is 0 Å². The van der Waals surface area contributed by atoms with E-state index in [9.17, 15) is 0 Å². The van der Waals surface area contributed by atoms with Gasteiger partial charge in [-0.1, -0.05) is 27.7 Å². The van der Waals surface area contributed by atoms with Gasteiger partial charge in [0, 0.05) is 6.42 Å². The lowest BCUT2D eigenvalue weighted by molar-refractivity contribution is -0.195. The lowest BCUT2D eigenvalue weighted by atomic mass is 9.72. The molecule has 9 nitrogen and oxygen atoms in total. The molecule has 0 rings (SSSR count).